The van der Waals surface area contributed by atoms with Crippen LogP contribution in [-0.2, 0) is 22.7 Å². The summed E-state index contributed by atoms with van der Waals surface area (Å²) >= 11 is 0.968. The summed E-state index contributed by atoms with van der Waals surface area (Å²) in [5, 5.41) is 23.5. The van der Waals surface area contributed by atoms with Gasteiger partial charge in [0.2, 0.25) is 0 Å². The Labute approximate surface area is 179 Å². The van der Waals surface area contributed by atoms with Crippen LogP contribution in [-0.4, -0.2) is 33.5 Å². The second kappa shape index (κ2) is 11.3. The molecule has 0 aliphatic carbocycles. The topological polar surface area (TPSA) is 163 Å². The number of amidine groups is 1. The van der Waals surface area contributed by atoms with E-state index in [0.717, 1.165) is 11.8 Å². The van der Waals surface area contributed by atoms with Crippen LogP contribution < -0.4 is 5.32 Å². The number of benzene rings is 2. The van der Waals surface area contributed by atoms with Crippen LogP contribution in [0.5, 0.6) is 0 Å². The number of nitro groups is 2. The molecule has 0 aliphatic heterocycles. The smallest absolute Gasteiger partial charge is 0.436 e. The molecule has 0 spiro atoms. The van der Waals surface area contributed by atoms with Gasteiger partial charge in [-0.25, -0.2) is 9.59 Å². The normalized spacial score (nSPS) is 10.8. The van der Waals surface area contributed by atoms with Crippen molar-refractivity contribution in [1.29, 1.82) is 0 Å². The number of thioether (sulfide) groups is 1. The molecule has 0 saturated heterocycles. The zero-order valence-electron chi connectivity index (χ0n) is 16.0. The standard InChI is InChI=1S/C18H16N4O8S/c1-31-16(19-17(23)29-10-12-2-6-14(7-3-12)21(25)26)20-18(24)30-11-13-4-8-15(9-5-13)22(27)28/h2-9H,10-11H2,1H3,(H,19,20,23,24). The number of ether oxygens (including phenoxy) is 2. The van der Waals surface area contributed by atoms with E-state index in [2.05, 4.69) is 10.3 Å². The molecule has 0 saturated carbocycles. The van der Waals surface area contributed by atoms with Crippen LogP contribution in [0, 0.1) is 20.2 Å². The van der Waals surface area contributed by atoms with Crippen LogP contribution in [0.2, 0.25) is 0 Å². The number of hydrogen-bond acceptors (Lipinski definition) is 9. The van der Waals surface area contributed by atoms with Gasteiger partial charge in [0.1, 0.15) is 13.2 Å². The molecule has 2 aromatic rings. The Hall–Kier alpha value is -4.00. The van der Waals surface area contributed by atoms with E-state index in [0.29, 0.717) is 11.1 Å². The van der Waals surface area contributed by atoms with Gasteiger partial charge < -0.3 is 9.47 Å². The molecular weight excluding hydrogens is 432 g/mol. The summed E-state index contributed by atoms with van der Waals surface area (Å²) < 4.78 is 9.93. The first-order valence-corrected chi connectivity index (χ1v) is 9.71. The van der Waals surface area contributed by atoms with Gasteiger partial charge in [0.15, 0.2) is 5.17 Å². The van der Waals surface area contributed by atoms with Crippen molar-refractivity contribution in [1.82, 2.24) is 5.32 Å². The lowest BCUT2D eigenvalue weighted by atomic mass is 10.2. The fourth-order valence-electron chi connectivity index (χ4n) is 2.08. The van der Waals surface area contributed by atoms with Crippen molar-refractivity contribution in [3.05, 3.63) is 79.9 Å². The molecule has 2 rings (SSSR count). The number of amides is 2. The number of hydrogen-bond donors (Lipinski definition) is 1. The number of carbonyl (C=O) groups excluding carboxylic acids is 2. The second-order valence-corrected chi connectivity index (χ2v) is 6.52. The zero-order chi connectivity index (χ0) is 22.8. The Morgan fingerprint density at radius 1 is 0.903 bits per heavy atom. The van der Waals surface area contributed by atoms with Gasteiger partial charge in [0.05, 0.1) is 9.85 Å². The van der Waals surface area contributed by atoms with E-state index in [1.807, 2.05) is 0 Å². The molecule has 0 aliphatic rings. The maximum absolute atomic E-state index is 11.9. The molecule has 0 unspecified atom stereocenters. The number of nitrogens with one attached hydrogen (secondary N) is 1. The molecule has 0 aromatic heterocycles. The van der Waals surface area contributed by atoms with E-state index in [1.54, 1.807) is 6.26 Å². The SMILES string of the molecule is CS/C(=N\C(=O)OCc1ccc([N+](=O)[O-])cc1)NC(=O)OCc1ccc([N+](=O)[O-])cc1. The van der Waals surface area contributed by atoms with Gasteiger partial charge in [-0.3, -0.25) is 25.5 Å². The third kappa shape index (κ3) is 7.74. The Kier molecular flexibility index (Phi) is 8.45. The first kappa shape index (κ1) is 23.3. The third-order valence-electron chi connectivity index (χ3n) is 3.62. The lowest BCUT2D eigenvalue weighted by molar-refractivity contribution is -0.385. The van der Waals surface area contributed by atoms with E-state index in [1.165, 1.54) is 48.5 Å². The van der Waals surface area contributed by atoms with Crippen molar-refractivity contribution in [3.8, 4) is 0 Å². The van der Waals surface area contributed by atoms with Gasteiger partial charge in [-0.15, -0.1) is 0 Å². The number of nitro benzene ring substituents is 2. The molecule has 12 nitrogen and oxygen atoms in total. The number of alkyl carbamates (subject to hydrolysis) is 1. The van der Waals surface area contributed by atoms with Crippen molar-refractivity contribution in [3.63, 3.8) is 0 Å². The second-order valence-electron chi connectivity index (χ2n) is 5.72. The van der Waals surface area contributed by atoms with E-state index >= 15 is 0 Å². The highest BCUT2D eigenvalue weighted by atomic mass is 32.2. The van der Waals surface area contributed by atoms with Gasteiger partial charge in [0.25, 0.3) is 11.4 Å². The highest BCUT2D eigenvalue weighted by Gasteiger charge is 2.11. The predicted octanol–water partition coefficient (Wildman–Crippen LogP) is 3.79. The summed E-state index contributed by atoms with van der Waals surface area (Å²) in [4.78, 5) is 47.4. The fourth-order valence-corrected chi connectivity index (χ4v) is 2.44. The van der Waals surface area contributed by atoms with Gasteiger partial charge in [0, 0.05) is 24.3 Å². The third-order valence-corrected chi connectivity index (χ3v) is 4.20. The average molecular weight is 448 g/mol. The fraction of sp³-hybridized carbons (Fsp3) is 0.167. The van der Waals surface area contributed by atoms with Crippen LogP contribution in [0.4, 0.5) is 21.0 Å². The summed E-state index contributed by atoms with van der Waals surface area (Å²) in [6, 6.07) is 10.9. The first-order valence-electron chi connectivity index (χ1n) is 8.48. The van der Waals surface area contributed by atoms with Crippen molar-refractivity contribution >= 4 is 40.5 Å². The molecule has 0 radical (unpaired) electrons. The van der Waals surface area contributed by atoms with Gasteiger partial charge in [-0.1, -0.05) is 11.8 Å². The van der Waals surface area contributed by atoms with Gasteiger partial charge in [-0.2, -0.15) is 4.99 Å². The van der Waals surface area contributed by atoms with Crippen molar-refractivity contribution in [2.45, 2.75) is 13.2 Å². The quantitative estimate of drug-likeness (QED) is 0.300. The van der Waals surface area contributed by atoms with Crippen LogP contribution >= 0.6 is 11.8 Å². The molecular formula is C18H16N4O8S. The number of non-ortho nitro benzene ring substituents is 2. The lowest BCUT2D eigenvalue weighted by Gasteiger charge is -2.08. The summed E-state index contributed by atoms with van der Waals surface area (Å²) in [7, 11) is 0. The molecule has 0 fully saturated rings. The molecule has 0 heterocycles. The molecule has 1 N–H and O–H groups in total. The van der Waals surface area contributed by atoms with Crippen LogP contribution in [0.1, 0.15) is 11.1 Å². The largest absolute Gasteiger partial charge is 0.444 e. The maximum atomic E-state index is 11.9. The van der Waals surface area contributed by atoms with Crippen molar-refractivity contribution in [2.24, 2.45) is 4.99 Å². The van der Waals surface area contributed by atoms with Crippen LogP contribution in [0.3, 0.4) is 0 Å². The Morgan fingerprint density at radius 2 is 1.35 bits per heavy atom. The molecule has 13 heteroatoms. The summed E-state index contributed by atoms with van der Waals surface area (Å²) in [6.07, 6.45) is -0.285. The molecule has 0 atom stereocenters. The monoisotopic (exact) mass is 448 g/mol. The number of rotatable bonds is 6. The Bertz CT molecular complexity index is 993. The first-order chi connectivity index (χ1) is 14.8. The minimum Gasteiger partial charge on any atom is -0.444 e. The van der Waals surface area contributed by atoms with E-state index in [4.69, 9.17) is 9.47 Å². The van der Waals surface area contributed by atoms with E-state index < -0.39 is 22.0 Å². The maximum Gasteiger partial charge on any atom is 0.436 e. The number of carbonyl (C=O) groups is 2. The highest BCUT2D eigenvalue weighted by molar-refractivity contribution is 8.13. The Balaban J connectivity index is 1.82. The Morgan fingerprint density at radius 3 is 1.77 bits per heavy atom. The highest BCUT2D eigenvalue weighted by Crippen LogP contribution is 2.14. The van der Waals surface area contributed by atoms with E-state index in [9.17, 15) is 29.8 Å². The average Bonchev–Trinajstić information content (AvgIpc) is 2.76. The minimum absolute atomic E-state index is 0.0672. The molecule has 162 valence electrons. The van der Waals surface area contributed by atoms with E-state index in [-0.39, 0.29) is 29.8 Å². The summed E-state index contributed by atoms with van der Waals surface area (Å²) in [6.45, 7) is -0.303. The number of aliphatic imine (C=N–C) groups is 1. The molecule has 31 heavy (non-hydrogen) atoms. The van der Waals surface area contributed by atoms with Gasteiger partial charge >= 0.3 is 12.2 Å². The zero-order valence-corrected chi connectivity index (χ0v) is 16.9. The van der Waals surface area contributed by atoms with Crippen LogP contribution in [0.25, 0.3) is 0 Å². The summed E-state index contributed by atoms with van der Waals surface area (Å²) in [5.41, 5.74) is 0.882. The molecule has 2 aromatic carbocycles. The molecule has 2 amide bonds. The van der Waals surface area contributed by atoms with Crippen molar-refractivity contribution in [2.75, 3.05) is 6.26 Å². The van der Waals surface area contributed by atoms with Crippen LogP contribution in [0.15, 0.2) is 53.5 Å². The number of nitrogens with zero attached hydrogens (tertiary/aromatic N) is 3. The van der Waals surface area contributed by atoms with Crippen molar-refractivity contribution < 1.29 is 28.9 Å². The predicted molar refractivity (Wildman–Crippen MR) is 111 cm³/mol. The van der Waals surface area contributed by atoms with Gasteiger partial charge in [-0.05, 0) is 41.6 Å². The summed E-state index contributed by atoms with van der Waals surface area (Å²) in [5.74, 6) is 0. The lowest BCUT2D eigenvalue weighted by Crippen LogP contribution is -2.29. The minimum atomic E-state index is -0.974. The molecule has 0 bridgehead atoms.